The Balaban J connectivity index is 2.32. The van der Waals surface area contributed by atoms with E-state index in [4.69, 9.17) is 5.73 Å². The van der Waals surface area contributed by atoms with Crippen LogP contribution in [0.5, 0.6) is 0 Å². The second-order valence-corrected chi connectivity index (χ2v) is 5.34. The van der Waals surface area contributed by atoms with E-state index >= 15 is 0 Å². The van der Waals surface area contributed by atoms with Crippen molar-refractivity contribution in [2.75, 3.05) is 26.4 Å². The van der Waals surface area contributed by atoms with Gasteiger partial charge < -0.3 is 20.5 Å². The molecule has 0 saturated carbocycles. The number of anilines is 1. The molecule has 3 N–H and O–H groups in total. The molecule has 0 saturated heterocycles. The quantitative estimate of drug-likeness (QED) is 0.889. The molecule has 2 amide bonds. The highest BCUT2D eigenvalue weighted by Crippen LogP contribution is 2.27. The highest BCUT2D eigenvalue weighted by atomic mass is 16.2. The van der Waals surface area contributed by atoms with Gasteiger partial charge in [0.15, 0.2) is 0 Å². The van der Waals surface area contributed by atoms with E-state index in [0.717, 1.165) is 22.3 Å². The fourth-order valence-electron chi connectivity index (χ4n) is 2.38. The minimum Gasteiger partial charge on any atom is -0.383 e. The molecule has 2 heterocycles. The predicted molar refractivity (Wildman–Crippen MR) is 83.2 cm³/mol. The first-order valence-electron chi connectivity index (χ1n) is 6.87. The number of rotatable bonds is 3. The number of urea groups is 1. The summed E-state index contributed by atoms with van der Waals surface area (Å²) < 4.78 is 2.08. The van der Waals surface area contributed by atoms with Crippen LogP contribution >= 0.6 is 0 Å². The number of amides is 2. The first-order chi connectivity index (χ1) is 9.82. The lowest BCUT2D eigenvalue weighted by atomic mass is 10.2. The van der Waals surface area contributed by atoms with E-state index in [1.54, 1.807) is 14.1 Å². The van der Waals surface area contributed by atoms with Crippen LogP contribution in [-0.2, 0) is 6.54 Å². The summed E-state index contributed by atoms with van der Waals surface area (Å²) in [5.74, 6) is 1.16. The molecule has 0 bridgehead atoms. The number of carbonyl (C=O) groups is 1. The van der Waals surface area contributed by atoms with Gasteiger partial charge >= 0.3 is 6.03 Å². The zero-order valence-corrected chi connectivity index (χ0v) is 13.2. The summed E-state index contributed by atoms with van der Waals surface area (Å²) in [6, 6.07) is -0.105. The summed E-state index contributed by atoms with van der Waals surface area (Å²) in [6.07, 6.45) is 0. The predicted octanol–water partition coefficient (Wildman–Crippen LogP) is 1.21. The van der Waals surface area contributed by atoms with Crippen LogP contribution in [-0.4, -0.2) is 46.1 Å². The molecule has 114 valence electrons. The molecule has 0 aliphatic heterocycles. The van der Waals surface area contributed by atoms with Crippen molar-refractivity contribution in [2.45, 2.75) is 27.3 Å². The number of nitrogens with one attached hydrogen (secondary N) is 1. The number of aromatic nitrogens is 3. The van der Waals surface area contributed by atoms with Gasteiger partial charge in [-0.25, -0.2) is 14.8 Å². The summed E-state index contributed by atoms with van der Waals surface area (Å²) in [6.45, 7) is 7.04. The zero-order chi connectivity index (χ0) is 15.7. The maximum atomic E-state index is 11.6. The fourth-order valence-corrected chi connectivity index (χ4v) is 2.38. The molecule has 0 atom stereocenters. The van der Waals surface area contributed by atoms with Crippen LogP contribution in [0.4, 0.5) is 10.6 Å². The first kappa shape index (κ1) is 15.1. The summed E-state index contributed by atoms with van der Waals surface area (Å²) in [5.41, 5.74) is 9.02. The second kappa shape index (κ2) is 5.59. The second-order valence-electron chi connectivity index (χ2n) is 5.34. The standard InChI is InChI=1S/C14H22N6O/c1-8-9(2)20(7-6-16-14(21)19(4)5)13-11(8)12(15)17-10(3)18-13/h6-7H2,1-5H3,(H,16,21)(H2,15,17,18). The Labute approximate surface area is 124 Å². The number of fused-ring (bicyclic) bond motifs is 1. The molecule has 7 heteroatoms. The van der Waals surface area contributed by atoms with E-state index in [1.165, 1.54) is 4.90 Å². The van der Waals surface area contributed by atoms with Gasteiger partial charge in [-0.05, 0) is 26.3 Å². The minimum absolute atomic E-state index is 0.105. The number of carbonyl (C=O) groups excluding carboxylic acids is 1. The Bertz CT molecular complexity index is 689. The average molecular weight is 290 g/mol. The number of nitrogens with zero attached hydrogens (tertiary/aromatic N) is 4. The summed E-state index contributed by atoms with van der Waals surface area (Å²) in [5, 5.41) is 3.75. The average Bonchev–Trinajstić information content (AvgIpc) is 2.63. The van der Waals surface area contributed by atoms with E-state index in [2.05, 4.69) is 19.9 Å². The van der Waals surface area contributed by atoms with Crippen molar-refractivity contribution >= 4 is 22.9 Å². The van der Waals surface area contributed by atoms with Crippen molar-refractivity contribution in [3.8, 4) is 0 Å². The van der Waals surface area contributed by atoms with Crippen LogP contribution in [0.25, 0.3) is 11.0 Å². The Morgan fingerprint density at radius 3 is 2.57 bits per heavy atom. The van der Waals surface area contributed by atoms with E-state index in [1.807, 2.05) is 20.8 Å². The SMILES string of the molecule is Cc1nc(N)c2c(C)c(C)n(CCNC(=O)N(C)C)c2n1. The maximum absolute atomic E-state index is 11.6. The monoisotopic (exact) mass is 290 g/mol. The highest BCUT2D eigenvalue weighted by molar-refractivity contribution is 5.91. The third-order valence-corrected chi connectivity index (χ3v) is 3.63. The molecule has 0 aliphatic rings. The van der Waals surface area contributed by atoms with Crippen LogP contribution in [0.2, 0.25) is 0 Å². The lowest BCUT2D eigenvalue weighted by molar-refractivity contribution is 0.217. The van der Waals surface area contributed by atoms with Crippen molar-refractivity contribution in [2.24, 2.45) is 0 Å². The van der Waals surface area contributed by atoms with Gasteiger partial charge in [0.05, 0.1) is 5.39 Å². The van der Waals surface area contributed by atoms with Crippen molar-refractivity contribution in [3.05, 3.63) is 17.1 Å². The molecule has 2 aromatic rings. The van der Waals surface area contributed by atoms with Gasteiger partial charge in [0.25, 0.3) is 0 Å². The minimum atomic E-state index is -0.105. The summed E-state index contributed by atoms with van der Waals surface area (Å²) in [4.78, 5) is 21.8. The third-order valence-electron chi connectivity index (χ3n) is 3.63. The van der Waals surface area contributed by atoms with Crippen molar-refractivity contribution < 1.29 is 4.79 Å². The molecular formula is C14H22N6O. The van der Waals surface area contributed by atoms with Gasteiger partial charge in [0.1, 0.15) is 17.3 Å². The van der Waals surface area contributed by atoms with Gasteiger partial charge in [-0.1, -0.05) is 0 Å². The van der Waals surface area contributed by atoms with Gasteiger partial charge in [-0.15, -0.1) is 0 Å². The van der Waals surface area contributed by atoms with Crippen LogP contribution < -0.4 is 11.1 Å². The lowest BCUT2D eigenvalue weighted by Gasteiger charge is -2.13. The van der Waals surface area contributed by atoms with Gasteiger partial charge in [0.2, 0.25) is 0 Å². The molecule has 7 nitrogen and oxygen atoms in total. The van der Waals surface area contributed by atoms with E-state index < -0.39 is 0 Å². The smallest absolute Gasteiger partial charge is 0.316 e. The Morgan fingerprint density at radius 1 is 1.29 bits per heavy atom. The summed E-state index contributed by atoms with van der Waals surface area (Å²) in [7, 11) is 3.43. The fraction of sp³-hybridized carbons (Fsp3) is 0.500. The first-order valence-corrected chi connectivity index (χ1v) is 6.87. The normalized spacial score (nSPS) is 10.9. The number of hydrogen-bond donors (Lipinski definition) is 2. The number of hydrogen-bond acceptors (Lipinski definition) is 4. The van der Waals surface area contributed by atoms with Gasteiger partial charge in [-0.3, -0.25) is 0 Å². The lowest BCUT2D eigenvalue weighted by Crippen LogP contribution is -2.36. The largest absolute Gasteiger partial charge is 0.383 e. The van der Waals surface area contributed by atoms with Crippen LogP contribution in [0.15, 0.2) is 0 Å². The van der Waals surface area contributed by atoms with Crippen molar-refractivity contribution in [1.29, 1.82) is 0 Å². The van der Waals surface area contributed by atoms with E-state index in [0.29, 0.717) is 24.7 Å². The highest BCUT2D eigenvalue weighted by Gasteiger charge is 2.16. The van der Waals surface area contributed by atoms with Crippen molar-refractivity contribution in [3.63, 3.8) is 0 Å². The van der Waals surface area contributed by atoms with Crippen LogP contribution in [0.1, 0.15) is 17.1 Å². The van der Waals surface area contributed by atoms with Crippen molar-refractivity contribution in [1.82, 2.24) is 24.8 Å². The molecular weight excluding hydrogens is 268 g/mol. The Morgan fingerprint density at radius 2 is 1.95 bits per heavy atom. The van der Waals surface area contributed by atoms with Gasteiger partial charge in [0, 0.05) is 32.9 Å². The Hall–Kier alpha value is -2.31. The third kappa shape index (κ3) is 2.76. The zero-order valence-electron chi connectivity index (χ0n) is 13.2. The molecule has 21 heavy (non-hydrogen) atoms. The topological polar surface area (TPSA) is 89.1 Å². The maximum Gasteiger partial charge on any atom is 0.316 e. The van der Waals surface area contributed by atoms with Crippen LogP contribution in [0.3, 0.4) is 0 Å². The van der Waals surface area contributed by atoms with Crippen LogP contribution in [0, 0.1) is 20.8 Å². The number of aryl methyl sites for hydroxylation is 2. The van der Waals surface area contributed by atoms with E-state index in [9.17, 15) is 4.79 Å². The molecule has 0 unspecified atom stereocenters. The summed E-state index contributed by atoms with van der Waals surface area (Å²) >= 11 is 0. The molecule has 0 aromatic carbocycles. The molecule has 0 spiro atoms. The molecule has 0 radical (unpaired) electrons. The molecule has 2 aromatic heterocycles. The molecule has 0 fully saturated rings. The molecule has 2 rings (SSSR count). The number of nitrogens with two attached hydrogens (primary N) is 1. The number of nitrogen functional groups attached to an aromatic ring is 1. The Kier molecular flexibility index (Phi) is 4.02. The van der Waals surface area contributed by atoms with E-state index in [-0.39, 0.29) is 6.03 Å². The van der Waals surface area contributed by atoms with Gasteiger partial charge in [-0.2, -0.15) is 0 Å². The molecule has 0 aliphatic carbocycles.